The molecule has 1 aromatic rings. The summed E-state index contributed by atoms with van der Waals surface area (Å²) in [7, 11) is 1.56. The van der Waals surface area contributed by atoms with Crippen molar-refractivity contribution in [1.82, 2.24) is 0 Å². The molecule has 0 aromatic heterocycles. The number of benzene rings is 1. The van der Waals surface area contributed by atoms with Crippen molar-refractivity contribution in [2.24, 2.45) is 0 Å². The molecule has 88 valence electrons. The lowest BCUT2D eigenvalue weighted by atomic mass is 10.2. The van der Waals surface area contributed by atoms with Gasteiger partial charge in [0.05, 0.1) is 13.7 Å². The van der Waals surface area contributed by atoms with E-state index in [1.165, 1.54) is 0 Å². The first-order valence-corrected chi connectivity index (χ1v) is 5.11. The van der Waals surface area contributed by atoms with Crippen molar-refractivity contribution in [3.63, 3.8) is 0 Å². The third-order valence-corrected chi connectivity index (χ3v) is 2.04. The molecular formula is C12H16O4. The van der Waals surface area contributed by atoms with Crippen LogP contribution in [0.1, 0.15) is 12.5 Å². The van der Waals surface area contributed by atoms with E-state index in [0.29, 0.717) is 18.1 Å². The van der Waals surface area contributed by atoms with Crippen molar-refractivity contribution >= 4 is 5.97 Å². The van der Waals surface area contributed by atoms with E-state index in [1.807, 2.05) is 19.1 Å². The molecule has 4 heteroatoms. The van der Waals surface area contributed by atoms with Crippen LogP contribution >= 0.6 is 0 Å². The highest BCUT2D eigenvalue weighted by molar-refractivity contribution is 5.71. The SMILES string of the molecule is CCOC(=O)COc1c(C)cccc1OC. The standard InChI is InChI=1S/C12H16O4/c1-4-15-11(13)8-16-12-9(2)6-5-7-10(12)14-3/h5-7H,4,8H2,1-3H3. The van der Waals surface area contributed by atoms with Gasteiger partial charge in [0.25, 0.3) is 0 Å². The Balaban J connectivity index is 2.69. The fourth-order valence-corrected chi connectivity index (χ4v) is 1.31. The lowest BCUT2D eigenvalue weighted by Gasteiger charge is -2.12. The first-order valence-electron chi connectivity index (χ1n) is 5.11. The number of ether oxygens (including phenoxy) is 3. The maximum atomic E-state index is 11.1. The van der Waals surface area contributed by atoms with Gasteiger partial charge in [0.2, 0.25) is 0 Å². The van der Waals surface area contributed by atoms with Gasteiger partial charge in [0.1, 0.15) is 0 Å². The molecule has 1 rings (SSSR count). The topological polar surface area (TPSA) is 44.8 Å². The first-order chi connectivity index (χ1) is 7.69. The molecular weight excluding hydrogens is 208 g/mol. The van der Waals surface area contributed by atoms with Crippen molar-refractivity contribution in [2.75, 3.05) is 20.3 Å². The molecule has 0 heterocycles. The molecule has 0 aliphatic rings. The third kappa shape index (κ3) is 3.15. The summed E-state index contributed by atoms with van der Waals surface area (Å²) >= 11 is 0. The second-order valence-corrected chi connectivity index (χ2v) is 3.20. The number of carbonyl (C=O) groups excluding carboxylic acids is 1. The van der Waals surface area contributed by atoms with E-state index in [0.717, 1.165) is 5.56 Å². The summed E-state index contributed by atoms with van der Waals surface area (Å²) in [5.41, 5.74) is 0.920. The smallest absolute Gasteiger partial charge is 0.344 e. The normalized spacial score (nSPS) is 9.69. The van der Waals surface area contributed by atoms with E-state index in [1.54, 1.807) is 20.1 Å². The zero-order valence-electron chi connectivity index (χ0n) is 9.78. The maximum absolute atomic E-state index is 11.1. The highest BCUT2D eigenvalue weighted by atomic mass is 16.6. The molecule has 0 fully saturated rings. The van der Waals surface area contributed by atoms with Crippen LogP contribution in [0.25, 0.3) is 0 Å². The number of hydrogen-bond acceptors (Lipinski definition) is 4. The molecule has 0 spiro atoms. The van der Waals surface area contributed by atoms with Crippen LogP contribution in [0.3, 0.4) is 0 Å². The van der Waals surface area contributed by atoms with Crippen LogP contribution in [0.15, 0.2) is 18.2 Å². The van der Waals surface area contributed by atoms with Gasteiger partial charge in [-0.25, -0.2) is 4.79 Å². The number of aryl methyl sites for hydroxylation is 1. The third-order valence-electron chi connectivity index (χ3n) is 2.04. The van der Waals surface area contributed by atoms with E-state index in [-0.39, 0.29) is 12.6 Å². The Bertz CT molecular complexity index is 360. The number of rotatable bonds is 5. The van der Waals surface area contributed by atoms with Gasteiger partial charge in [-0.05, 0) is 25.5 Å². The van der Waals surface area contributed by atoms with Crippen molar-refractivity contribution in [1.29, 1.82) is 0 Å². The Labute approximate surface area is 95.1 Å². The molecule has 0 radical (unpaired) electrons. The second kappa shape index (κ2) is 6.00. The molecule has 16 heavy (non-hydrogen) atoms. The fraction of sp³-hybridized carbons (Fsp3) is 0.417. The molecule has 0 aliphatic carbocycles. The molecule has 0 atom stereocenters. The number of methoxy groups -OCH3 is 1. The Hall–Kier alpha value is -1.71. The first kappa shape index (κ1) is 12.4. The van der Waals surface area contributed by atoms with Crippen LogP contribution in [-0.4, -0.2) is 26.3 Å². The van der Waals surface area contributed by atoms with Crippen LogP contribution in [0.4, 0.5) is 0 Å². The summed E-state index contributed by atoms with van der Waals surface area (Å²) in [4.78, 5) is 11.1. The van der Waals surface area contributed by atoms with Gasteiger partial charge in [-0.15, -0.1) is 0 Å². The average Bonchev–Trinajstić information content (AvgIpc) is 2.27. The summed E-state index contributed by atoms with van der Waals surface area (Å²) in [6, 6.07) is 5.54. The Morgan fingerprint density at radius 1 is 1.38 bits per heavy atom. The minimum Gasteiger partial charge on any atom is -0.493 e. The number of carbonyl (C=O) groups is 1. The Kier molecular flexibility index (Phi) is 4.64. The molecule has 1 aromatic carbocycles. The Morgan fingerprint density at radius 2 is 2.12 bits per heavy atom. The molecule has 0 saturated carbocycles. The van der Waals surface area contributed by atoms with Gasteiger partial charge < -0.3 is 14.2 Å². The lowest BCUT2D eigenvalue weighted by molar-refractivity contribution is -0.145. The molecule has 4 nitrogen and oxygen atoms in total. The van der Waals surface area contributed by atoms with Gasteiger partial charge in [-0.1, -0.05) is 12.1 Å². The maximum Gasteiger partial charge on any atom is 0.344 e. The average molecular weight is 224 g/mol. The minimum atomic E-state index is -0.382. The minimum absolute atomic E-state index is 0.102. The van der Waals surface area contributed by atoms with Crippen molar-refractivity contribution in [3.05, 3.63) is 23.8 Å². The predicted molar refractivity (Wildman–Crippen MR) is 59.9 cm³/mol. The summed E-state index contributed by atoms with van der Waals surface area (Å²) in [6.07, 6.45) is 0. The monoisotopic (exact) mass is 224 g/mol. The van der Waals surface area contributed by atoms with Crippen LogP contribution < -0.4 is 9.47 Å². The van der Waals surface area contributed by atoms with Gasteiger partial charge in [-0.2, -0.15) is 0 Å². The highest BCUT2D eigenvalue weighted by Crippen LogP contribution is 2.30. The van der Waals surface area contributed by atoms with E-state index < -0.39 is 0 Å². The molecule has 0 N–H and O–H groups in total. The largest absolute Gasteiger partial charge is 0.493 e. The van der Waals surface area contributed by atoms with E-state index >= 15 is 0 Å². The fourth-order valence-electron chi connectivity index (χ4n) is 1.31. The van der Waals surface area contributed by atoms with Crippen LogP contribution in [-0.2, 0) is 9.53 Å². The second-order valence-electron chi connectivity index (χ2n) is 3.20. The van der Waals surface area contributed by atoms with Gasteiger partial charge in [0, 0.05) is 0 Å². The molecule has 0 amide bonds. The highest BCUT2D eigenvalue weighted by Gasteiger charge is 2.10. The number of para-hydroxylation sites is 1. The van der Waals surface area contributed by atoms with E-state index in [2.05, 4.69) is 0 Å². The number of esters is 1. The van der Waals surface area contributed by atoms with Crippen molar-refractivity contribution < 1.29 is 19.0 Å². The number of hydrogen-bond donors (Lipinski definition) is 0. The van der Waals surface area contributed by atoms with Crippen LogP contribution in [0.2, 0.25) is 0 Å². The lowest BCUT2D eigenvalue weighted by Crippen LogP contribution is -2.15. The molecule has 0 bridgehead atoms. The van der Waals surface area contributed by atoms with Crippen molar-refractivity contribution in [2.45, 2.75) is 13.8 Å². The van der Waals surface area contributed by atoms with Gasteiger partial charge in [0.15, 0.2) is 18.1 Å². The Morgan fingerprint density at radius 3 is 2.75 bits per heavy atom. The summed E-state index contributed by atoms with van der Waals surface area (Å²) in [5, 5.41) is 0. The van der Waals surface area contributed by atoms with Crippen LogP contribution in [0.5, 0.6) is 11.5 Å². The summed E-state index contributed by atoms with van der Waals surface area (Å²) < 4.78 is 15.3. The van der Waals surface area contributed by atoms with E-state index in [4.69, 9.17) is 14.2 Å². The molecule has 0 aliphatic heterocycles. The molecule has 0 saturated heterocycles. The zero-order valence-corrected chi connectivity index (χ0v) is 9.78. The summed E-state index contributed by atoms with van der Waals surface area (Å²) in [6.45, 7) is 3.90. The predicted octanol–water partition coefficient (Wildman–Crippen LogP) is 1.95. The van der Waals surface area contributed by atoms with Gasteiger partial charge in [-0.3, -0.25) is 0 Å². The van der Waals surface area contributed by atoms with Gasteiger partial charge >= 0.3 is 5.97 Å². The van der Waals surface area contributed by atoms with E-state index in [9.17, 15) is 4.79 Å². The van der Waals surface area contributed by atoms with Crippen molar-refractivity contribution in [3.8, 4) is 11.5 Å². The zero-order chi connectivity index (χ0) is 12.0. The van der Waals surface area contributed by atoms with Crippen LogP contribution in [0, 0.1) is 6.92 Å². The quantitative estimate of drug-likeness (QED) is 0.717. The summed E-state index contributed by atoms with van der Waals surface area (Å²) in [5.74, 6) is 0.815. The molecule has 0 unspecified atom stereocenters.